The van der Waals surface area contributed by atoms with Crippen LogP contribution >= 0.6 is 0 Å². The summed E-state index contributed by atoms with van der Waals surface area (Å²) in [5.74, 6) is -0.650. The van der Waals surface area contributed by atoms with Crippen molar-refractivity contribution in [3.8, 4) is 5.75 Å². The summed E-state index contributed by atoms with van der Waals surface area (Å²) in [6.45, 7) is 3.63. The lowest BCUT2D eigenvalue weighted by atomic mass is 10.1. The Morgan fingerprint density at radius 1 is 1.37 bits per heavy atom. The van der Waals surface area contributed by atoms with Gasteiger partial charge in [0.05, 0.1) is 6.42 Å². The number of hydrogen-bond acceptors (Lipinski definition) is 3. The molecule has 1 aromatic carbocycles. The van der Waals surface area contributed by atoms with Crippen molar-refractivity contribution < 1.29 is 19.4 Å². The van der Waals surface area contributed by atoms with Gasteiger partial charge in [0.25, 0.3) is 5.91 Å². The Labute approximate surface area is 111 Å². The van der Waals surface area contributed by atoms with Crippen LogP contribution in [-0.4, -0.2) is 30.1 Å². The summed E-state index contributed by atoms with van der Waals surface area (Å²) in [6, 6.07) is 7.39. The second-order valence-corrected chi connectivity index (χ2v) is 3.88. The van der Waals surface area contributed by atoms with Crippen molar-refractivity contribution in [2.24, 2.45) is 0 Å². The number of carbonyl (C=O) groups is 2. The van der Waals surface area contributed by atoms with Crippen molar-refractivity contribution in [3.05, 3.63) is 42.5 Å². The molecule has 102 valence electrons. The average molecular weight is 263 g/mol. The van der Waals surface area contributed by atoms with Crippen LogP contribution in [0.3, 0.4) is 0 Å². The van der Waals surface area contributed by atoms with Crippen LogP contribution < -0.4 is 10.1 Å². The van der Waals surface area contributed by atoms with Crippen molar-refractivity contribution in [1.29, 1.82) is 0 Å². The minimum atomic E-state index is -0.947. The third-order valence-corrected chi connectivity index (χ3v) is 2.36. The summed E-state index contributed by atoms with van der Waals surface area (Å²) < 4.78 is 5.40. The standard InChI is InChI=1S/C14H17NO4/c1-2-5-11-6-3-4-7-12(11)19-10-13(16)15-9-8-14(17)18/h2-4,6-7H,1,5,8-10H2,(H,15,16)(H,17,18). The molecule has 0 bridgehead atoms. The zero-order chi connectivity index (χ0) is 14.1. The molecule has 1 aromatic rings. The normalized spacial score (nSPS) is 9.68. The predicted octanol–water partition coefficient (Wildman–Crippen LogP) is 1.38. The lowest BCUT2D eigenvalue weighted by Gasteiger charge is -2.10. The molecule has 0 aliphatic heterocycles. The van der Waals surface area contributed by atoms with E-state index in [1.165, 1.54) is 0 Å². The summed E-state index contributed by atoms with van der Waals surface area (Å²) in [4.78, 5) is 21.7. The van der Waals surface area contributed by atoms with Gasteiger partial charge in [0.1, 0.15) is 5.75 Å². The van der Waals surface area contributed by atoms with Crippen molar-refractivity contribution in [2.45, 2.75) is 12.8 Å². The van der Waals surface area contributed by atoms with E-state index in [1.54, 1.807) is 12.1 Å². The van der Waals surface area contributed by atoms with Crippen LogP contribution in [0.25, 0.3) is 0 Å². The number of carboxylic acids is 1. The summed E-state index contributed by atoms with van der Waals surface area (Å²) in [5, 5.41) is 10.9. The highest BCUT2D eigenvalue weighted by Crippen LogP contribution is 2.18. The summed E-state index contributed by atoms with van der Waals surface area (Å²) in [5.41, 5.74) is 0.954. The summed E-state index contributed by atoms with van der Waals surface area (Å²) in [7, 11) is 0. The molecule has 0 atom stereocenters. The number of ether oxygens (including phenoxy) is 1. The number of nitrogens with one attached hydrogen (secondary N) is 1. The Kier molecular flexibility index (Phi) is 6.15. The second-order valence-electron chi connectivity index (χ2n) is 3.88. The number of aliphatic carboxylic acids is 1. The predicted molar refractivity (Wildman–Crippen MR) is 71.1 cm³/mol. The number of benzene rings is 1. The van der Waals surface area contributed by atoms with Gasteiger partial charge in [0, 0.05) is 6.54 Å². The maximum Gasteiger partial charge on any atom is 0.305 e. The molecule has 0 aliphatic carbocycles. The topological polar surface area (TPSA) is 75.6 Å². The minimum absolute atomic E-state index is 0.0984. The summed E-state index contributed by atoms with van der Waals surface area (Å²) in [6.07, 6.45) is 2.32. The molecule has 0 spiro atoms. The van der Waals surface area contributed by atoms with E-state index in [1.807, 2.05) is 18.2 Å². The van der Waals surface area contributed by atoms with E-state index in [9.17, 15) is 9.59 Å². The lowest BCUT2D eigenvalue weighted by Crippen LogP contribution is -2.30. The number of hydrogen-bond donors (Lipinski definition) is 2. The van der Waals surface area contributed by atoms with Crippen LogP contribution in [-0.2, 0) is 16.0 Å². The molecule has 0 aliphatic rings. The van der Waals surface area contributed by atoms with Gasteiger partial charge in [-0.05, 0) is 18.1 Å². The van der Waals surface area contributed by atoms with Crippen LogP contribution in [0.1, 0.15) is 12.0 Å². The van der Waals surface area contributed by atoms with Gasteiger partial charge in [-0.1, -0.05) is 24.3 Å². The van der Waals surface area contributed by atoms with Gasteiger partial charge in [0.15, 0.2) is 6.61 Å². The number of carboxylic acid groups (broad SMARTS) is 1. The third kappa shape index (κ3) is 5.72. The van der Waals surface area contributed by atoms with Gasteiger partial charge in [-0.2, -0.15) is 0 Å². The molecule has 0 saturated heterocycles. The Bertz CT molecular complexity index is 457. The third-order valence-electron chi connectivity index (χ3n) is 2.36. The molecular weight excluding hydrogens is 246 g/mol. The van der Waals surface area contributed by atoms with Crippen molar-refractivity contribution in [3.63, 3.8) is 0 Å². The van der Waals surface area contributed by atoms with E-state index in [-0.39, 0.29) is 25.5 Å². The molecule has 0 radical (unpaired) electrons. The Morgan fingerprint density at radius 2 is 2.11 bits per heavy atom. The maximum absolute atomic E-state index is 11.4. The highest BCUT2D eigenvalue weighted by atomic mass is 16.5. The number of amides is 1. The fourth-order valence-electron chi connectivity index (χ4n) is 1.47. The first-order valence-corrected chi connectivity index (χ1v) is 5.93. The van der Waals surface area contributed by atoms with Crippen LogP contribution in [0.4, 0.5) is 0 Å². The first-order chi connectivity index (χ1) is 9.13. The van der Waals surface area contributed by atoms with Crippen molar-refractivity contribution >= 4 is 11.9 Å². The molecule has 19 heavy (non-hydrogen) atoms. The first-order valence-electron chi connectivity index (χ1n) is 5.93. The van der Waals surface area contributed by atoms with Gasteiger partial charge in [-0.25, -0.2) is 0 Å². The SMILES string of the molecule is C=CCc1ccccc1OCC(=O)NCCC(=O)O. The van der Waals surface area contributed by atoms with Crippen LogP contribution in [0.15, 0.2) is 36.9 Å². The molecule has 0 unspecified atom stereocenters. The molecule has 5 heteroatoms. The van der Waals surface area contributed by atoms with Gasteiger partial charge in [0.2, 0.25) is 0 Å². The molecule has 1 rings (SSSR count). The number of carbonyl (C=O) groups excluding carboxylic acids is 1. The quantitative estimate of drug-likeness (QED) is 0.695. The van der Waals surface area contributed by atoms with E-state index in [0.717, 1.165) is 5.56 Å². The highest BCUT2D eigenvalue weighted by Gasteiger charge is 2.06. The number of para-hydroxylation sites is 1. The van der Waals surface area contributed by atoms with Crippen molar-refractivity contribution in [2.75, 3.05) is 13.2 Å². The zero-order valence-electron chi connectivity index (χ0n) is 10.6. The molecule has 5 nitrogen and oxygen atoms in total. The van der Waals surface area contributed by atoms with E-state index < -0.39 is 5.97 Å². The minimum Gasteiger partial charge on any atom is -0.483 e. The molecular formula is C14H17NO4. The zero-order valence-corrected chi connectivity index (χ0v) is 10.6. The van der Waals surface area contributed by atoms with Gasteiger partial charge in [-0.15, -0.1) is 6.58 Å². The van der Waals surface area contributed by atoms with E-state index in [2.05, 4.69) is 11.9 Å². The second kappa shape index (κ2) is 7.92. The Hall–Kier alpha value is -2.30. The van der Waals surface area contributed by atoms with E-state index in [4.69, 9.17) is 9.84 Å². The molecule has 1 amide bonds. The lowest BCUT2D eigenvalue weighted by molar-refractivity contribution is -0.137. The Morgan fingerprint density at radius 3 is 2.79 bits per heavy atom. The number of allylic oxidation sites excluding steroid dienone is 1. The molecule has 0 fully saturated rings. The van der Waals surface area contributed by atoms with E-state index >= 15 is 0 Å². The Balaban J connectivity index is 2.41. The summed E-state index contributed by atoms with van der Waals surface area (Å²) >= 11 is 0. The smallest absolute Gasteiger partial charge is 0.305 e. The molecule has 0 saturated carbocycles. The molecule has 0 heterocycles. The average Bonchev–Trinajstić information content (AvgIpc) is 2.37. The number of rotatable bonds is 8. The fourth-order valence-corrected chi connectivity index (χ4v) is 1.47. The monoisotopic (exact) mass is 263 g/mol. The van der Waals surface area contributed by atoms with Crippen molar-refractivity contribution in [1.82, 2.24) is 5.32 Å². The maximum atomic E-state index is 11.4. The van der Waals surface area contributed by atoms with Gasteiger partial charge in [-0.3, -0.25) is 9.59 Å². The highest BCUT2D eigenvalue weighted by molar-refractivity contribution is 5.78. The fraction of sp³-hybridized carbons (Fsp3) is 0.286. The van der Waals surface area contributed by atoms with Gasteiger partial charge < -0.3 is 15.2 Å². The largest absolute Gasteiger partial charge is 0.483 e. The first kappa shape index (κ1) is 14.8. The molecule has 2 N–H and O–H groups in total. The van der Waals surface area contributed by atoms with Crippen LogP contribution in [0.5, 0.6) is 5.75 Å². The molecule has 0 aromatic heterocycles. The van der Waals surface area contributed by atoms with Gasteiger partial charge >= 0.3 is 5.97 Å². The van der Waals surface area contributed by atoms with Crippen LogP contribution in [0, 0.1) is 0 Å². The van der Waals surface area contributed by atoms with E-state index in [0.29, 0.717) is 12.2 Å². The van der Waals surface area contributed by atoms with Crippen LogP contribution in [0.2, 0.25) is 0 Å².